The van der Waals surface area contributed by atoms with E-state index in [1.165, 1.54) is 11.1 Å². The standard InChI is InChI=1S/C22H31NO/c1-4-23(17-20-8-6-5-7-9-20)15-14-22(24)21-12-10-19(11-13-21)16-18(2)3/h5-13,18,22,24H,4,14-17H2,1-3H3. The van der Waals surface area contributed by atoms with Gasteiger partial charge in [-0.2, -0.15) is 0 Å². The highest BCUT2D eigenvalue weighted by Gasteiger charge is 2.11. The Labute approximate surface area is 147 Å². The quantitative estimate of drug-likeness (QED) is 0.714. The van der Waals surface area contributed by atoms with Crippen LogP contribution in [0.15, 0.2) is 54.6 Å². The van der Waals surface area contributed by atoms with Crippen LogP contribution in [0.3, 0.4) is 0 Å². The highest BCUT2D eigenvalue weighted by atomic mass is 16.3. The third-order valence-electron chi connectivity index (χ3n) is 4.42. The van der Waals surface area contributed by atoms with Gasteiger partial charge in [0.25, 0.3) is 0 Å². The van der Waals surface area contributed by atoms with Crippen LogP contribution in [0, 0.1) is 5.92 Å². The van der Waals surface area contributed by atoms with Gasteiger partial charge < -0.3 is 5.11 Å². The molecule has 0 saturated carbocycles. The van der Waals surface area contributed by atoms with Crippen molar-refractivity contribution in [3.05, 3.63) is 71.3 Å². The molecular weight excluding hydrogens is 294 g/mol. The van der Waals surface area contributed by atoms with Crippen LogP contribution in [0.4, 0.5) is 0 Å². The third kappa shape index (κ3) is 6.10. The van der Waals surface area contributed by atoms with E-state index in [-0.39, 0.29) is 6.10 Å². The molecule has 0 spiro atoms. The summed E-state index contributed by atoms with van der Waals surface area (Å²) in [5, 5.41) is 10.5. The molecule has 2 heteroatoms. The fourth-order valence-corrected chi connectivity index (χ4v) is 3.01. The summed E-state index contributed by atoms with van der Waals surface area (Å²) in [7, 11) is 0. The number of rotatable bonds is 9. The van der Waals surface area contributed by atoms with Crippen molar-refractivity contribution in [2.75, 3.05) is 13.1 Å². The molecule has 0 aromatic heterocycles. The number of nitrogens with zero attached hydrogens (tertiary/aromatic N) is 1. The van der Waals surface area contributed by atoms with Crippen molar-refractivity contribution >= 4 is 0 Å². The molecule has 1 atom stereocenters. The van der Waals surface area contributed by atoms with Crippen molar-refractivity contribution in [3.63, 3.8) is 0 Å². The van der Waals surface area contributed by atoms with Gasteiger partial charge in [-0.15, -0.1) is 0 Å². The normalized spacial score (nSPS) is 12.8. The van der Waals surface area contributed by atoms with Crippen LogP contribution in [0.25, 0.3) is 0 Å². The van der Waals surface area contributed by atoms with Gasteiger partial charge in [0, 0.05) is 13.1 Å². The Bertz CT molecular complexity index is 577. The topological polar surface area (TPSA) is 23.5 Å². The van der Waals surface area contributed by atoms with Gasteiger partial charge >= 0.3 is 0 Å². The Morgan fingerprint density at radius 3 is 2.17 bits per heavy atom. The van der Waals surface area contributed by atoms with Crippen molar-refractivity contribution in [1.82, 2.24) is 4.90 Å². The zero-order chi connectivity index (χ0) is 17.4. The van der Waals surface area contributed by atoms with Gasteiger partial charge in [0.2, 0.25) is 0 Å². The molecule has 24 heavy (non-hydrogen) atoms. The summed E-state index contributed by atoms with van der Waals surface area (Å²) in [4.78, 5) is 2.38. The zero-order valence-electron chi connectivity index (χ0n) is 15.3. The van der Waals surface area contributed by atoms with E-state index in [4.69, 9.17) is 0 Å². The molecular formula is C22H31NO. The minimum absolute atomic E-state index is 0.386. The van der Waals surface area contributed by atoms with Gasteiger partial charge in [-0.05, 0) is 42.0 Å². The molecule has 0 fully saturated rings. The largest absolute Gasteiger partial charge is 0.388 e. The van der Waals surface area contributed by atoms with Crippen LogP contribution < -0.4 is 0 Å². The van der Waals surface area contributed by atoms with E-state index in [1.54, 1.807) is 0 Å². The molecule has 1 unspecified atom stereocenters. The summed E-state index contributed by atoms with van der Waals surface area (Å²) in [5.41, 5.74) is 3.70. The zero-order valence-corrected chi connectivity index (χ0v) is 15.3. The summed E-state index contributed by atoms with van der Waals surface area (Å²) in [6, 6.07) is 19.0. The fraction of sp³-hybridized carbons (Fsp3) is 0.455. The Morgan fingerprint density at radius 2 is 1.58 bits per heavy atom. The van der Waals surface area contributed by atoms with Crippen molar-refractivity contribution in [1.29, 1.82) is 0 Å². The fourth-order valence-electron chi connectivity index (χ4n) is 3.01. The molecule has 1 N–H and O–H groups in total. The van der Waals surface area contributed by atoms with Crippen LogP contribution in [0.5, 0.6) is 0 Å². The predicted molar refractivity (Wildman–Crippen MR) is 102 cm³/mol. The van der Waals surface area contributed by atoms with Crippen LogP contribution in [0.1, 0.15) is 50.0 Å². The second kappa shape index (κ2) is 9.61. The van der Waals surface area contributed by atoms with E-state index in [9.17, 15) is 5.11 Å². The van der Waals surface area contributed by atoms with Gasteiger partial charge in [-0.1, -0.05) is 75.4 Å². The summed E-state index contributed by atoms with van der Waals surface area (Å²) in [5.74, 6) is 0.664. The van der Waals surface area contributed by atoms with E-state index in [0.717, 1.165) is 38.0 Å². The number of benzene rings is 2. The highest BCUT2D eigenvalue weighted by Crippen LogP contribution is 2.19. The highest BCUT2D eigenvalue weighted by molar-refractivity contribution is 5.24. The molecule has 0 aliphatic rings. The van der Waals surface area contributed by atoms with Gasteiger partial charge in [0.1, 0.15) is 0 Å². The van der Waals surface area contributed by atoms with E-state index < -0.39 is 0 Å². The summed E-state index contributed by atoms with van der Waals surface area (Å²) < 4.78 is 0. The third-order valence-corrected chi connectivity index (χ3v) is 4.42. The van der Waals surface area contributed by atoms with Gasteiger partial charge in [-0.3, -0.25) is 4.90 Å². The summed E-state index contributed by atoms with van der Waals surface area (Å²) >= 11 is 0. The Balaban J connectivity index is 1.85. The molecule has 0 aliphatic heterocycles. The molecule has 0 amide bonds. The van der Waals surface area contributed by atoms with Crippen LogP contribution >= 0.6 is 0 Å². The van der Waals surface area contributed by atoms with Crippen molar-refractivity contribution < 1.29 is 5.11 Å². The van der Waals surface area contributed by atoms with E-state index in [0.29, 0.717) is 5.92 Å². The Morgan fingerprint density at radius 1 is 0.917 bits per heavy atom. The SMILES string of the molecule is CCN(CCC(O)c1ccc(CC(C)C)cc1)Cc1ccccc1. The lowest BCUT2D eigenvalue weighted by Crippen LogP contribution is -2.25. The van der Waals surface area contributed by atoms with Crippen LogP contribution in [-0.4, -0.2) is 23.1 Å². The first-order chi connectivity index (χ1) is 11.6. The minimum atomic E-state index is -0.386. The first-order valence-corrected chi connectivity index (χ1v) is 9.11. The van der Waals surface area contributed by atoms with Gasteiger partial charge in [-0.25, -0.2) is 0 Å². The molecule has 130 valence electrons. The second-order valence-electron chi connectivity index (χ2n) is 7.00. The van der Waals surface area contributed by atoms with Crippen LogP contribution in [0.2, 0.25) is 0 Å². The molecule has 0 aliphatic carbocycles. The molecule has 0 bridgehead atoms. The maximum absolute atomic E-state index is 10.5. The molecule has 2 rings (SSSR count). The molecule has 0 radical (unpaired) electrons. The predicted octanol–water partition coefficient (Wildman–Crippen LogP) is 4.83. The van der Waals surface area contributed by atoms with Crippen molar-refractivity contribution in [2.24, 2.45) is 5.92 Å². The van der Waals surface area contributed by atoms with E-state index in [2.05, 4.69) is 74.2 Å². The maximum Gasteiger partial charge on any atom is 0.0802 e. The number of hydrogen-bond donors (Lipinski definition) is 1. The average molecular weight is 325 g/mol. The van der Waals surface area contributed by atoms with Crippen molar-refractivity contribution in [3.8, 4) is 0 Å². The molecule has 0 heterocycles. The smallest absolute Gasteiger partial charge is 0.0802 e. The summed E-state index contributed by atoms with van der Waals surface area (Å²) in [6.07, 6.45) is 1.48. The van der Waals surface area contributed by atoms with E-state index in [1.807, 2.05) is 6.07 Å². The first kappa shape index (κ1) is 18.7. The Hall–Kier alpha value is -1.64. The average Bonchev–Trinajstić information content (AvgIpc) is 2.59. The number of hydrogen-bond acceptors (Lipinski definition) is 2. The minimum Gasteiger partial charge on any atom is -0.388 e. The van der Waals surface area contributed by atoms with Gasteiger partial charge in [0.05, 0.1) is 6.10 Å². The lowest BCUT2D eigenvalue weighted by Gasteiger charge is -2.22. The van der Waals surface area contributed by atoms with Crippen molar-refractivity contribution in [2.45, 2.75) is 46.3 Å². The first-order valence-electron chi connectivity index (χ1n) is 9.11. The molecule has 0 saturated heterocycles. The number of aliphatic hydroxyl groups is 1. The monoisotopic (exact) mass is 325 g/mol. The second-order valence-corrected chi connectivity index (χ2v) is 7.00. The molecule has 2 aromatic rings. The lowest BCUT2D eigenvalue weighted by atomic mass is 9.99. The molecule has 2 nitrogen and oxygen atoms in total. The lowest BCUT2D eigenvalue weighted by molar-refractivity contribution is 0.141. The van der Waals surface area contributed by atoms with E-state index >= 15 is 0 Å². The van der Waals surface area contributed by atoms with Crippen LogP contribution in [-0.2, 0) is 13.0 Å². The maximum atomic E-state index is 10.5. The summed E-state index contributed by atoms with van der Waals surface area (Å²) in [6.45, 7) is 9.48. The Kier molecular flexibility index (Phi) is 7.48. The van der Waals surface area contributed by atoms with Gasteiger partial charge in [0.15, 0.2) is 0 Å². The molecule has 2 aromatic carbocycles. The number of aliphatic hydroxyl groups excluding tert-OH is 1.